The molecule has 0 saturated heterocycles. The van der Waals surface area contributed by atoms with Crippen LogP contribution in [0.15, 0.2) is 51.4 Å². The lowest BCUT2D eigenvalue weighted by Crippen LogP contribution is -2.05. The molecule has 0 fully saturated rings. The van der Waals surface area contributed by atoms with E-state index in [9.17, 15) is 0 Å². The molecule has 0 radical (unpaired) electrons. The third-order valence-corrected chi connectivity index (χ3v) is 3.88. The van der Waals surface area contributed by atoms with Crippen molar-refractivity contribution in [2.24, 2.45) is 5.73 Å². The standard InChI is InChI=1S/C15H15Br2NO/c1-10(18)12-5-6-15(14(17)8-12)19-9-11-3-2-4-13(16)7-11/h2-8,10H,9,18H2,1H3/t10-/m1/s1. The zero-order valence-corrected chi connectivity index (χ0v) is 13.7. The molecule has 0 spiro atoms. The molecule has 19 heavy (non-hydrogen) atoms. The van der Waals surface area contributed by atoms with Crippen LogP contribution < -0.4 is 10.5 Å². The van der Waals surface area contributed by atoms with Crippen LogP contribution in [0.4, 0.5) is 0 Å². The smallest absolute Gasteiger partial charge is 0.134 e. The van der Waals surface area contributed by atoms with Gasteiger partial charge in [-0.25, -0.2) is 0 Å². The normalized spacial score (nSPS) is 12.2. The zero-order valence-electron chi connectivity index (χ0n) is 10.6. The summed E-state index contributed by atoms with van der Waals surface area (Å²) in [6.07, 6.45) is 0. The van der Waals surface area contributed by atoms with Gasteiger partial charge in [-0.05, 0) is 58.2 Å². The molecule has 100 valence electrons. The van der Waals surface area contributed by atoms with Gasteiger partial charge in [-0.1, -0.05) is 34.1 Å². The highest BCUT2D eigenvalue weighted by atomic mass is 79.9. The highest BCUT2D eigenvalue weighted by Crippen LogP contribution is 2.28. The number of rotatable bonds is 4. The summed E-state index contributed by atoms with van der Waals surface area (Å²) in [5.74, 6) is 0.823. The van der Waals surface area contributed by atoms with Crippen molar-refractivity contribution < 1.29 is 4.74 Å². The summed E-state index contributed by atoms with van der Waals surface area (Å²) in [5, 5.41) is 0. The third kappa shape index (κ3) is 4.06. The minimum absolute atomic E-state index is 0.0235. The Morgan fingerprint density at radius 2 is 1.95 bits per heavy atom. The highest BCUT2D eigenvalue weighted by molar-refractivity contribution is 9.10. The van der Waals surface area contributed by atoms with Crippen molar-refractivity contribution >= 4 is 31.9 Å². The van der Waals surface area contributed by atoms with Gasteiger partial charge < -0.3 is 10.5 Å². The quantitative estimate of drug-likeness (QED) is 0.820. The van der Waals surface area contributed by atoms with Crippen LogP contribution in [-0.4, -0.2) is 0 Å². The summed E-state index contributed by atoms with van der Waals surface area (Å²) in [7, 11) is 0. The molecule has 1 atom stereocenters. The summed E-state index contributed by atoms with van der Waals surface area (Å²) >= 11 is 6.96. The van der Waals surface area contributed by atoms with E-state index >= 15 is 0 Å². The second kappa shape index (κ2) is 6.55. The van der Waals surface area contributed by atoms with Gasteiger partial charge in [0.15, 0.2) is 0 Å². The molecule has 0 unspecified atom stereocenters. The first kappa shape index (κ1) is 14.6. The molecule has 4 heteroatoms. The molecular formula is C15H15Br2NO. The first-order valence-electron chi connectivity index (χ1n) is 5.98. The predicted molar refractivity (Wildman–Crippen MR) is 85.2 cm³/mol. The average Bonchev–Trinajstić information content (AvgIpc) is 2.37. The lowest BCUT2D eigenvalue weighted by Gasteiger charge is -2.11. The second-order valence-corrected chi connectivity index (χ2v) is 6.17. The monoisotopic (exact) mass is 383 g/mol. The van der Waals surface area contributed by atoms with Crippen molar-refractivity contribution in [2.75, 3.05) is 0 Å². The number of halogens is 2. The van der Waals surface area contributed by atoms with Crippen molar-refractivity contribution in [3.63, 3.8) is 0 Å². The van der Waals surface area contributed by atoms with Gasteiger partial charge in [-0.2, -0.15) is 0 Å². The van der Waals surface area contributed by atoms with Gasteiger partial charge in [-0.15, -0.1) is 0 Å². The second-order valence-electron chi connectivity index (χ2n) is 4.40. The fourth-order valence-electron chi connectivity index (χ4n) is 1.71. The summed E-state index contributed by atoms with van der Waals surface area (Å²) < 4.78 is 7.79. The number of ether oxygens (including phenoxy) is 1. The van der Waals surface area contributed by atoms with Crippen molar-refractivity contribution in [3.8, 4) is 5.75 Å². The van der Waals surface area contributed by atoms with E-state index in [1.807, 2.05) is 49.4 Å². The van der Waals surface area contributed by atoms with Gasteiger partial charge >= 0.3 is 0 Å². The molecule has 2 aromatic rings. The molecule has 0 aliphatic rings. The SMILES string of the molecule is C[C@@H](N)c1ccc(OCc2cccc(Br)c2)c(Br)c1. The average molecular weight is 385 g/mol. The van der Waals surface area contributed by atoms with E-state index < -0.39 is 0 Å². The summed E-state index contributed by atoms with van der Waals surface area (Å²) in [5.41, 5.74) is 8.06. The molecule has 2 rings (SSSR count). The highest BCUT2D eigenvalue weighted by Gasteiger charge is 2.06. The Labute approximate surface area is 130 Å². The van der Waals surface area contributed by atoms with E-state index in [1.54, 1.807) is 0 Å². The Hall–Kier alpha value is -0.840. The van der Waals surface area contributed by atoms with Gasteiger partial charge in [0.1, 0.15) is 12.4 Å². The Morgan fingerprint density at radius 1 is 1.16 bits per heavy atom. The van der Waals surface area contributed by atoms with Crippen molar-refractivity contribution in [1.29, 1.82) is 0 Å². The van der Waals surface area contributed by atoms with Crippen LogP contribution in [-0.2, 0) is 6.61 Å². The molecule has 0 amide bonds. The molecule has 0 aliphatic heterocycles. The zero-order chi connectivity index (χ0) is 13.8. The number of nitrogens with two attached hydrogens (primary N) is 1. The third-order valence-electron chi connectivity index (χ3n) is 2.77. The van der Waals surface area contributed by atoms with Crippen molar-refractivity contribution in [2.45, 2.75) is 19.6 Å². The van der Waals surface area contributed by atoms with Gasteiger partial charge in [0, 0.05) is 10.5 Å². The van der Waals surface area contributed by atoms with E-state index in [0.717, 1.165) is 25.8 Å². The van der Waals surface area contributed by atoms with Crippen LogP contribution in [0.3, 0.4) is 0 Å². The maximum Gasteiger partial charge on any atom is 0.134 e. The van der Waals surface area contributed by atoms with E-state index in [0.29, 0.717) is 6.61 Å². The largest absolute Gasteiger partial charge is 0.488 e. The Balaban J connectivity index is 2.07. The van der Waals surface area contributed by atoms with E-state index in [1.165, 1.54) is 0 Å². The van der Waals surface area contributed by atoms with Gasteiger partial charge in [-0.3, -0.25) is 0 Å². The Kier molecular flexibility index (Phi) is 5.02. The fourth-order valence-corrected chi connectivity index (χ4v) is 2.66. The first-order chi connectivity index (χ1) is 9.06. The molecule has 2 aromatic carbocycles. The Morgan fingerprint density at radius 3 is 2.58 bits per heavy atom. The molecule has 0 saturated carbocycles. The molecule has 2 nitrogen and oxygen atoms in total. The number of benzene rings is 2. The van der Waals surface area contributed by atoms with Crippen LogP contribution in [0.25, 0.3) is 0 Å². The molecule has 0 bridgehead atoms. The maximum atomic E-state index is 5.85. The predicted octanol–water partition coefficient (Wildman–Crippen LogP) is 4.81. The summed E-state index contributed by atoms with van der Waals surface area (Å²) in [6, 6.07) is 14.0. The van der Waals surface area contributed by atoms with Crippen molar-refractivity contribution in [3.05, 3.63) is 62.5 Å². The fraction of sp³-hybridized carbons (Fsp3) is 0.200. The molecule has 0 aliphatic carbocycles. The molecule has 2 N–H and O–H groups in total. The topological polar surface area (TPSA) is 35.2 Å². The van der Waals surface area contributed by atoms with Crippen LogP contribution in [0, 0.1) is 0 Å². The number of hydrogen-bond donors (Lipinski definition) is 1. The lowest BCUT2D eigenvalue weighted by molar-refractivity contribution is 0.304. The van der Waals surface area contributed by atoms with Crippen molar-refractivity contribution in [1.82, 2.24) is 0 Å². The van der Waals surface area contributed by atoms with Crippen LogP contribution >= 0.6 is 31.9 Å². The van der Waals surface area contributed by atoms with Gasteiger partial charge in [0.2, 0.25) is 0 Å². The van der Waals surface area contributed by atoms with E-state index in [-0.39, 0.29) is 6.04 Å². The van der Waals surface area contributed by atoms with Crippen LogP contribution in [0.2, 0.25) is 0 Å². The van der Waals surface area contributed by atoms with Crippen LogP contribution in [0.1, 0.15) is 24.1 Å². The van der Waals surface area contributed by atoms with E-state index in [2.05, 4.69) is 31.9 Å². The lowest BCUT2D eigenvalue weighted by atomic mass is 10.1. The maximum absolute atomic E-state index is 5.85. The Bertz CT molecular complexity index is 570. The van der Waals surface area contributed by atoms with E-state index in [4.69, 9.17) is 10.5 Å². The summed E-state index contributed by atoms with van der Waals surface area (Å²) in [6.45, 7) is 2.50. The number of hydrogen-bond acceptors (Lipinski definition) is 2. The molecule has 0 aromatic heterocycles. The molecule has 0 heterocycles. The van der Waals surface area contributed by atoms with Crippen LogP contribution in [0.5, 0.6) is 5.75 Å². The van der Waals surface area contributed by atoms with Gasteiger partial charge in [0.05, 0.1) is 4.47 Å². The van der Waals surface area contributed by atoms with Gasteiger partial charge in [0.25, 0.3) is 0 Å². The molecular weight excluding hydrogens is 370 g/mol. The summed E-state index contributed by atoms with van der Waals surface area (Å²) in [4.78, 5) is 0. The minimum Gasteiger partial charge on any atom is -0.488 e. The first-order valence-corrected chi connectivity index (χ1v) is 7.57. The minimum atomic E-state index is 0.0235.